The Hall–Kier alpha value is -3.55. The SMILES string of the molecule is O=C(COc1ccccc1F)Nc1cnc(Oc2ccccc2F)nc1. The quantitative estimate of drug-likeness (QED) is 0.730. The van der Waals surface area contributed by atoms with Crippen molar-refractivity contribution >= 4 is 11.6 Å². The van der Waals surface area contributed by atoms with Crippen LogP contribution in [0.1, 0.15) is 0 Å². The minimum atomic E-state index is -0.557. The molecule has 0 aliphatic rings. The van der Waals surface area contributed by atoms with Crippen LogP contribution >= 0.6 is 0 Å². The molecular formula is C18H13F2N3O3. The van der Waals surface area contributed by atoms with E-state index < -0.39 is 17.5 Å². The van der Waals surface area contributed by atoms with Crippen molar-refractivity contribution < 1.29 is 23.0 Å². The van der Waals surface area contributed by atoms with Gasteiger partial charge in [-0.05, 0) is 24.3 Å². The Bertz CT molecular complexity index is 904. The zero-order valence-electron chi connectivity index (χ0n) is 13.4. The van der Waals surface area contributed by atoms with Gasteiger partial charge in [0.1, 0.15) is 0 Å². The van der Waals surface area contributed by atoms with E-state index in [1.807, 2.05) is 0 Å². The van der Waals surface area contributed by atoms with Crippen LogP contribution in [0.25, 0.3) is 0 Å². The molecule has 8 heteroatoms. The van der Waals surface area contributed by atoms with Crippen LogP contribution < -0.4 is 14.8 Å². The summed E-state index contributed by atoms with van der Waals surface area (Å²) in [6.45, 7) is -0.381. The van der Waals surface area contributed by atoms with Gasteiger partial charge in [0, 0.05) is 0 Å². The van der Waals surface area contributed by atoms with Gasteiger partial charge >= 0.3 is 6.01 Å². The number of halogens is 2. The topological polar surface area (TPSA) is 73.3 Å². The first-order valence-electron chi connectivity index (χ1n) is 7.53. The van der Waals surface area contributed by atoms with Crippen LogP contribution in [0, 0.1) is 11.6 Å². The predicted octanol–water partition coefficient (Wildman–Crippen LogP) is 3.56. The molecule has 0 unspecified atom stereocenters. The number of para-hydroxylation sites is 2. The highest BCUT2D eigenvalue weighted by Crippen LogP contribution is 2.21. The van der Waals surface area contributed by atoms with Gasteiger partial charge in [0.25, 0.3) is 5.91 Å². The number of carbonyl (C=O) groups excluding carboxylic acids is 1. The molecule has 0 aliphatic heterocycles. The molecule has 0 aliphatic carbocycles. The first kappa shape index (κ1) is 17.3. The van der Waals surface area contributed by atoms with Gasteiger partial charge in [0.15, 0.2) is 29.7 Å². The van der Waals surface area contributed by atoms with E-state index in [0.29, 0.717) is 0 Å². The Morgan fingerprint density at radius 2 is 1.50 bits per heavy atom. The number of amides is 1. The lowest BCUT2D eigenvalue weighted by Crippen LogP contribution is -2.20. The van der Waals surface area contributed by atoms with E-state index in [1.165, 1.54) is 48.8 Å². The van der Waals surface area contributed by atoms with Crippen LogP contribution in [-0.4, -0.2) is 22.5 Å². The number of aromatic nitrogens is 2. The van der Waals surface area contributed by atoms with Crippen molar-refractivity contribution in [2.45, 2.75) is 0 Å². The first-order chi connectivity index (χ1) is 12.6. The number of anilines is 1. The van der Waals surface area contributed by atoms with E-state index in [4.69, 9.17) is 9.47 Å². The maximum absolute atomic E-state index is 13.5. The van der Waals surface area contributed by atoms with Crippen molar-refractivity contribution in [3.05, 3.63) is 72.6 Å². The largest absolute Gasteiger partial charge is 0.481 e. The third kappa shape index (κ3) is 4.50. The maximum Gasteiger partial charge on any atom is 0.322 e. The number of rotatable bonds is 6. The third-order valence-electron chi connectivity index (χ3n) is 3.15. The van der Waals surface area contributed by atoms with E-state index in [2.05, 4.69) is 15.3 Å². The smallest absolute Gasteiger partial charge is 0.322 e. The molecule has 1 heterocycles. The first-order valence-corrected chi connectivity index (χ1v) is 7.53. The molecule has 6 nitrogen and oxygen atoms in total. The van der Waals surface area contributed by atoms with Crippen molar-refractivity contribution in [1.82, 2.24) is 9.97 Å². The summed E-state index contributed by atoms with van der Waals surface area (Å²) in [6.07, 6.45) is 2.59. The zero-order chi connectivity index (χ0) is 18.4. The molecule has 1 N–H and O–H groups in total. The lowest BCUT2D eigenvalue weighted by Gasteiger charge is -2.08. The number of nitrogens with zero attached hydrogens (tertiary/aromatic N) is 2. The molecule has 0 saturated heterocycles. The second kappa shape index (κ2) is 8.02. The maximum atomic E-state index is 13.5. The predicted molar refractivity (Wildman–Crippen MR) is 89.0 cm³/mol. The number of nitrogens with one attached hydrogen (secondary N) is 1. The summed E-state index contributed by atoms with van der Waals surface area (Å²) in [7, 11) is 0. The summed E-state index contributed by atoms with van der Waals surface area (Å²) < 4.78 is 37.2. The summed E-state index contributed by atoms with van der Waals surface area (Å²) in [5.74, 6) is -1.65. The molecule has 0 saturated carbocycles. The summed E-state index contributed by atoms with van der Waals surface area (Å²) in [5, 5.41) is 2.49. The molecule has 1 amide bonds. The highest BCUT2D eigenvalue weighted by Gasteiger charge is 2.09. The molecule has 0 radical (unpaired) electrons. The number of carbonyl (C=O) groups is 1. The van der Waals surface area contributed by atoms with Crippen LogP contribution in [-0.2, 0) is 4.79 Å². The van der Waals surface area contributed by atoms with Gasteiger partial charge in [0.05, 0.1) is 18.1 Å². The highest BCUT2D eigenvalue weighted by molar-refractivity contribution is 5.91. The third-order valence-corrected chi connectivity index (χ3v) is 3.15. The van der Waals surface area contributed by atoms with E-state index in [1.54, 1.807) is 12.1 Å². The summed E-state index contributed by atoms with van der Waals surface area (Å²) in [6, 6.07) is 11.5. The summed E-state index contributed by atoms with van der Waals surface area (Å²) >= 11 is 0. The minimum absolute atomic E-state index is 0.0115. The van der Waals surface area contributed by atoms with E-state index in [9.17, 15) is 13.6 Å². The van der Waals surface area contributed by atoms with Gasteiger partial charge < -0.3 is 14.8 Å². The molecule has 3 rings (SSSR count). The average molecular weight is 357 g/mol. The van der Waals surface area contributed by atoms with Crippen LogP contribution in [0.5, 0.6) is 17.5 Å². The fourth-order valence-corrected chi connectivity index (χ4v) is 1.96. The lowest BCUT2D eigenvalue weighted by atomic mass is 10.3. The van der Waals surface area contributed by atoms with Gasteiger partial charge in [-0.25, -0.2) is 18.7 Å². The highest BCUT2D eigenvalue weighted by atomic mass is 19.1. The Balaban J connectivity index is 1.54. The normalized spacial score (nSPS) is 10.2. The Labute approximate surface area is 147 Å². The summed E-state index contributed by atoms with van der Waals surface area (Å²) in [5.41, 5.74) is 0.285. The Morgan fingerprint density at radius 1 is 0.923 bits per heavy atom. The monoisotopic (exact) mass is 357 g/mol. The van der Waals surface area contributed by atoms with E-state index in [0.717, 1.165) is 0 Å². The Kier molecular flexibility index (Phi) is 5.33. The lowest BCUT2D eigenvalue weighted by molar-refractivity contribution is -0.118. The van der Waals surface area contributed by atoms with Gasteiger partial charge in [-0.2, -0.15) is 0 Å². The Morgan fingerprint density at radius 3 is 2.12 bits per heavy atom. The van der Waals surface area contributed by atoms with Crippen LogP contribution in [0.3, 0.4) is 0 Å². The number of hydrogen-bond donors (Lipinski definition) is 1. The van der Waals surface area contributed by atoms with Crippen LogP contribution in [0.4, 0.5) is 14.5 Å². The van der Waals surface area contributed by atoms with E-state index >= 15 is 0 Å². The second-order valence-electron chi connectivity index (χ2n) is 5.05. The van der Waals surface area contributed by atoms with Gasteiger partial charge in [-0.3, -0.25) is 4.79 Å². The number of benzene rings is 2. The molecule has 132 valence electrons. The van der Waals surface area contributed by atoms with Crippen molar-refractivity contribution in [2.24, 2.45) is 0 Å². The fraction of sp³-hybridized carbons (Fsp3) is 0.0556. The molecule has 0 fully saturated rings. The fourth-order valence-electron chi connectivity index (χ4n) is 1.96. The average Bonchev–Trinajstić information content (AvgIpc) is 2.64. The molecule has 0 bridgehead atoms. The van der Waals surface area contributed by atoms with Gasteiger partial charge in [0.2, 0.25) is 0 Å². The van der Waals surface area contributed by atoms with Gasteiger partial charge in [-0.1, -0.05) is 24.3 Å². The molecule has 0 atom stereocenters. The molecular weight excluding hydrogens is 344 g/mol. The number of ether oxygens (including phenoxy) is 2. The molecule has 2 aromatic carbocycles. The molecule has 1 aromatic heterocycles. The summed E-state index contributed by atoms with van der Waals surface area (Å²) in [4.78, 5) is 19.6. The minimum Gasteiger partial charge on any atom is -0.481 e. The van der Waals surface area contributed by atoms with E-state index in [-0.39, 0.29) is 29.8 Å². The zero-order valence-corrected chi connectivity index (χ0v) is 13.4. The van der Waals surface area contributed by atoms with Crippen molar-refractivity contribution in [3.63, 3.8) is 0 Å². The molecule has 0 spiro atoms. The van der Waals surface area contributed by atoms with Crippen molar-refractivity contribution in [1.29, 1.82) is 0 Å². The number of hydrogen-bond acceptors (Lipinski definition) is 5. The second-order valence-corrected chi connectivity index (χ2v) is 5.05. The standard InChI is InChI=1S/C18H13F2N3O3/c19-13-5-1-3-7-15(13)25-11-17(24)23-12-9-21-18(22-10-12)26-16-8-4-2-6-14(16)20/h1-10H,11H2,(H,23,24). The van der Waals surface area contributed by atoms with Crippen LogP contribution in [0.15, 0.2) is 60.9 Å². The van der Waals surface area contributed by atoms with Crippen LogP contribution in [0.2, 0.25) is 0 Å². The molecule has 3 aromatic rings. The van der Waals surface area contributed by atoms with Crippen molar-refractivity contribution in [3.8, 4) is 17.5 Å². The van der Waals surface area contributed by atoms with Gasteiger partial charge in [-0.15, -0.1) is 0 Å². The molecule has 26 heavy (non-hydrogen) atoms. The van der Waals surface area contributed by atoms with Crippen molar-refractivity contribution in [2.75, 3.05) is 11.9 Å².